The molecule has 0 saturated heterocycles. The van der Waals surface area contributed by atoms with Gasteiger partial charge in [-0.1, -0.05) is 32.9 Å². The largest absolute Gasteiger partial charge is 0.332 e. The monoisotopic (exact) mass is 263 g/mol. The summed E-state index contributed by atoms with van der Waals surface area (Å²) in [5.74, 6) is 0.992. The van der Waals surface area contributed by atoms with Gasteiger partial charge in [0.05, 0.1) is 11.7 Å². The molecule has 2 N–H and O–H groups in total. The van der Waals surface area contributed by atoms with E-state index in [0.29, 0.717) is 11.7 Å². The van der Waals surface area contributed by atoms with E-state index in [1.54, 1.807) is 4.68 Å². The van der Waals surface area contributed by atoms with Crippen LogP contribution in [0.15, 0.2) is 10.6 Å². The Hall–Kier alpha value is -1.69. The highest BCUT2D eigenvalue weighted by Gasteiger charge is 2.27. The van der Waals surface area contributed by atoms with Gasteiger partial charge in [-0.25, -0.2) is 0 Å². The molecule has 1 atom stereocenters. The second-order valence-corrected chi connectivity index (χ2v) is 5.80. The minimum absolute atomic E-state index is 0.109. The number of nitrogens with two attached hydrogens (primary N) is 1. The predicted octanol–water partition coefficient (Wildman–Crippen LogP) is 2.08. The molecule has 1 unspecified atom stereocenters. The minimum atomic E-state index is -0.260. The zero-order chi connectivity index (χ0) is 14.2. The maximum absolute atomic E-state index is 6.13. The van der Waals surface area contributed by atoms with E-state index in [4.69, 9.17) is 10.3 Å². The summed E-state index contributed by atoms with van der Waals surface area (Å²) in [4.78, 5) is 4.39. The maximum Gasteiger partial charge on any atom is 0.276 e. The van der Waals surface area contributed by atoms with Crippen molar-refractivity contribution in [1.82, 2.24) is 19.9 Å². The van der Waals surface area contributed by atoms with Gasteiger partial charge in [-0.2, -0.15) is 10.1 Å². The number of aromatic nitrogens is 4. The van der Waals surface area contributed by atoms with Crippen LogP contribution in [0.4, 0.5) is 0 Å². The van der Waals surface area contributed by atoms with Crippen LogP contribution in [0.25, 0.3) is 11.6 Å². The van der Waals surface area contributed by atoms with Crippen molar-refractivity contribution in [2.24, 2.45) is 18.2 Å². The number of nitrogens with zero attached hydrogens (tertiary/aromatic N) is 4. The van der Waals surface area contributed by atoms with Crippen molar-refractivity contribution in [3.8, 4) is 11.6 Å². The standard InChI is InChI=1S/C13H21N5O/c1-6-8-7-9(18(5)16-8)12-15-11(17-19-12)10(14)13(2,3)4/h7,10H,6,14H2,1-5H3. The smallest absolute Gasteiger partial charge is 0.276 e. The number of rotatable bonds is 3. The molecule has 2 aromatic rings. The van der Waals surface area contributed by atoms with E-state index in [0.717, 1.165) is 17.8 Å². The summed E-state index contributed by atoms with van der Waals surface area (Å²) >= 11 is 0. The summed E-state index contributed by atoms with van der Waals surface area (Å²) in [5.41, 5.74) is 7.83. The first-order valence-electron chi connectivity index (χ1n) is 6.45. The van der Waals surface area contributed by atoms with Crippen LogP contribution in [0.2, 0.25) is 0 Å². The lowest BCUT2D eigenvalue weighted by Crippen LogP contribution is -2.27. The van der Waals surface area contributed by atoms with Gasteiger partial charge >= 0.3 is 0 Å². The van der Waals surface area contributed by atoms with Crippen LogP contribution in [-0.4, -0.2) is 19.9 Å². The van der Waals surface area contributed by atoms with Crippen LogP contribution in [0.1, 0.15) is 45.3 Å². The normalized spacial score (nSPS) is 13.8. The molecule has 0 aliphatic heterocycles. The van der Waals surface area contributed by atoms with Crippen molar-refractivity contribution in [2.45, 2.75) is 40.2 Å². The van der Waals surface area contributed by atoms with Crippen molar-refractivity contribution in [3.05, 3.63) is 17.6 Å². The third kappa shape index (κ3) is 2.68. The molecule has 0 aromatic carbocycles. The van der Waals surface area contributed by atoms with Gasteiger partial charge in [0.1, 0.15) is 5.69 Å². The first-order valence-corrected chi connectivity index (χ1v) is 6.45. The second-order valence-electron chi connectivity index (χ2n) is 5.80. The van der Waals surface area contributed by atoms with Crippen LogP contribution >= 0.6 is 0 Å². The van der Waals surface area contributed by atoms with Gasteiger partial charge in [0.2, 0.25) is 0 Å². The zero-order valence-electron chi connectivity index (χ0n) is 12.1. The molecule has 0 aliphatic rings. The Morgan fingerprint density at radius 1 is 1.42 bits per heavy atom. The first kappa shape index (κ1) is 13.7. The van der Waals surface area contributed by atoms with Gasteiger partial charge in [0, 0.05) is 7.05 Å². The highest BCUT2D eigenvalue weighted by atomic mass is 16.5. The highest BCUT2D eigenvalue weighted by Crippen LogP contribution is 2.29. The van der Waals surface area contributed by atoms with E-state index in [-0.39, 0.29) is 11.5 Å². The molecule has 2 aromatic heterocycles. The fourth-order valence-electron chi connectivity index (χ4n) is 1.75. The van der Waals surface area contributed by atoms with Crippen LogP contribution in [0, 0.1) is 5.41 Å². The number of hydrogen-bond donors (Lipinski definition) is 1. The van der Waals surface area contributed by atoms with E-state index < -0.39 is 0 Å². The van der Waals surface area contributed by atoms with E-state index in [1.165, 1.54) is 0 Å². The molecule has 6 heteroatoms. The summed E-state index contributed by atoms with van der Waals surface area (Å²) in [6, 6.07) is 1.70. The van der Waals surface area contributed by atoms with E-state index in [9.17, 15) is 0 Å². The average molecular weight is 263 g/mol. The minimum Gasteiger partial charge on any atom is -0.332 e. The van der Waals surface area contributed by atoms with Crippen molar-refractivity contribution in [3.63, 3.8) is 0 Å². The van der Waals surface area contributed by atoms with Gasteiger partial charge in [-0.3, -0.25) is 4.68 Å². The van der Waals surface area contributed by atoms with Gasteiger partial charge in [-0.15, -0.1) is 0 Å². The molecular formula is C13H21N5O. The zero-order valence-corrected chi connectivity index (χ0v) is 12.1. The topological polar surface area (TPSA) is 82.8 Å². The SMILES string of the molecule is CCc1cc(-c2nc(C(N)C(C)(C)C)no2)n(C)n1. The van der Waals surface area contributed by atoms with Crippen molar-refractivity contribution in [1.29, 1.82) is 0 Å². The molecule has 0 radical (unpaired) electrons. The third-order valence-electron chi connectivity index (χ3n) is 3.16. The van der Waals surface area contributed by atoms with Crippen molar-refractivity contribution in [2.75, 3.05) is 0 Å². The quantitative estimate of drug-likeness (QED) is 0.916. The lowest BCUT2D eigenvalue weighted by molar-refractivity contribution is 0.303. The summed E-state index contributed by atoms with van der Waals surface area (Å²) < 4.78 is 7.05. The van der Waals surface area contributed by atoms with Gasteiger partial charge in [-0.05, 0) is 17.9 Å². The summed E-state index contributed by atoms with van der Waals surface area (Å²) in [7, 11) is 1.86. The van der Waals surface area contributed by atoms with Gasteiger partial charge < -0.3 is 10.3 Å². The molecule has 2 rings (SSSR count). The van der Waals surface area contributed by atoms with E-state index in [1.807, 2.05) is 33.9 Å². The van der Waals surface area contributed by atoms with Crippen molar-refractivity contribution >= 4 is 0 Å². The fourth-order valence-corrected chi connectivity index (χ4v) is 1.75. The van der Waals surface area contributed by atoms with Crippen molar-refractivity contribution < 1.29 is 4.52 Å². The predicted molar refractivity (Wildman–Crippen MR) is 72.3 cm³/mol. The Bertz CT molecular complexity index is 564. The second kappa shape index (κ2) is 4.77. The number of hydrogen-bond acceptors (Lipinski definition) is 5. The van der Waals surface area contributed by atoms with Crippen LogP contribution in [0.5, 0.6) is 0 Å². The molecular weight excluding hydrogens is 242 g/mol. The molecule has 0 spiro atoms. The summed E-state index contributed by atoms with van der Waals surface area (Å²) in [6.07, 6.45) is 0.871. The molecule has 104 valence electrons. The Morgan fingerprint density at radius 3 is 2.63 bits per heavy atom. The molecule has 0 saturated carbocycles. The summed E-state index contributed by atoms with van der Waals surface area (Å²) in [6.45, 7) is 8.20. The first-order chi connectivity index (χ1) is 8.82. The highest BCUT2D eigenvalue weighted by molar-refractivity contribution is 5.47. The summed E-state index contributed by atoms with van der Waals surface area (Å²) in [5, 5.41) is 8.35. The lowest BCUT2D eigenvalue weighted by Gasteiger charge is -2.23. The van der Waals surface area contributed by atoms with Crippen LogP contribution in [0.3, 0.4) is 0 Å². The van der Waals surface area contributed by atoms with E-state index in [2.05, 4.69) is 22.2 Å². The Balaban J connectivity index is 2.33. The molecule has 19 heavy (non-hydrogen) atoms. The number of aryl methyl sites for hydroxylation is 2. The van der Waals surface area contributed by atoms with Gasteiger partial charge in [0.15, 0.2) is 5.82 Å². The molecule has 6 nitrogen and oxygen atoms in total. The molecule has 2 heterocycles. The Kier molecular flexibility index (Phi) is 3.45. The fraction of sp³-hybridized carbons (Fsp3) is 0.615. The lowest BCUT2D eigenvalue weighted by atomic mass is 9.87. The molecule has 0 amide bonds. The molecule has 0 fully saturated rings. The maximum atomic E-state index is 6.13. The third-order valence-corrected chi connectivity index (χ3v) is 3.16. The van der Waals surface area contributed by atoms with Crippen LogP contribution < -0.4 is 5.73 Å². The molecule has 0 aliphatic carbocycles. The Labute approximate surface area is 113 Å². The van der Waals surface area contributed by atoms with E-state index >= 15 is 0 Å². The van der Waals surface area contributed by atoms with Gasteiger partial charge in [0.25, 0.3) is 5.89 Å². The average Bonchev–Trinajstić information content (AvgIpc) is 2.92. The Morgan fingerprint density at radius 2 is 2.11 bits per heavy atom. The van der Waals surface area contributed by atoms with Crippen LogP contribution in [-0.2, 0) is 13.5 Å². The molecule has 0 bridgehead atoms.